The Morgan fingerprint density at radius 3 is 2.30 bits per heavy atom. The lowest BCUT2D eigenvalue weighted by Crippen LogP contribution is -2.30. The van der Waals surface area contributed by atoms with Gasteiger partial charge < -0.3 is 10.6 Å². The lowest BCUT2D eigenvalue weighted by atomic mass is 10.1. The van der Waals surface area contributed by atoms with Crippen LogP contribution in [0.3, 0.4) is 0 Å². The summed E-state index contributed by atoms with van der Waals surface area (Å²) in [5, 5.41) is 0. The zero-order chi connectivity index (χ0) is 14.8. The fraction of sp³-hybridized carbons (Fsp3) is 0.588. The highest BCUT2D eigenvalue weighted by Gasteiger charge is 2.11. The molecule has 0 fully saturated rings. The normalized spacial score (nSPS) is 10.5. The van der Waals surface area contributed by atoms with Crippen molar-refractivity contribution in [1.82, 2.24) is 4.90 Å². The van der Waals surface area contributed by atoms with E-state index in [1.54, 1.807) is 0 Å². The maximum Gasteiger partial charge on any atom is 0.222 e. The minimum atomic E-state index is 0.265. The highest BCUT2D eigenvalue weighted by molar-refractivity contribution is 5.76. The molecule has 112 valence electrons. The third-order valence-corrected chi connectivity index (χ3v) is 3.58. The Morgan fingerprint density at radius 2 is 1.70 bits per heavy atom. The van der Waals surface area contributed by atoms with Gasteiger partial charge in [-0.2, -0.15) is 0 Å². The van der Waals surface area contributed by atoms with Crippen LogP contribution in [-0.4, -0.2) is 17.4 Å². The number of nitrogens with two attached hydrogens (primary N) is 1. The molecule has 2 N–H and O–H groups in total. The number of hydrogen-bond donors (Lipinski definition) is 1. The van der Waals surface area contributed by atoms with Gasteiger partial charge >= 0.3 is 0 Å². The summed E-state index contributed by atoms with van der Waals surface area (Å²) in [5.74, 6) is 0.265. The lowest BCUT2D eigenvalue weighted by Gasteiger charge is -2.21. The Morgan fingerprint density at radius 1 is 1.05 bits per heavy atom. The van der Waals surface area contributed by atoms with Crippen LogP contribution in [0.5, 0.6) is 0 Å². The molecule has 0 spiro atoms. The van der Waals surface area contributed by atoms with Crippen molar-refractivity contribution in [2.24, 2.45) is 0 Å². The number of unbranched alkanes of at least 4 members (excludes halogenated alkanes) is 4. The van der Waals surface area contributed by atoms with Crippen molar-refractivity contribution >= 4 is 11.6 Å². The molecule has 3 heteroatoms. The van der Waals surface area contributed by atoms with E-state index in [-0.39, 0.29) is 5.91 Å². The fourth-order valence-corrected chi connectivity index (χ4v) is 2.26. The predicted octanol–water partition coefficient (Wildman–Crippen LogP) is 3.98. The average Bonchev–Trinajstić information content (AvgIpc) is 2.46. The van der Waals surface area contributed by atoms with E-state index < -0.39 is 0 Å². The van der Waals surface area contributed by atoms with Crippen LogP contribution in [0.15, 0.2) is 24.3 Å². The largest absolute Gasteiger partial charge is 0.399 e. The molecule has 3 nitrogen and oxygen atoms in total. The van der Waals surface area contributed by atoms with Crippen molar-refractivity contribution in [1.29, 1.82) is 0 Å². The number of anilines is 1. The van der Waals surface area contributed by atoms with Gasteiger partial charge in [-0.25, -0.2) is 0 Å². The molecule has 0 aromatic heterocycles. The third kappa shape index (κ3) is 6.09. The van der Waals surface area contributed by atoms with Crippen LogP contribution < -0.4 is 5.73 Å². The predicted molar refractivity (Wildman–Crippen MR) is 85.3 cm³/mol. The molecule has 0 radical (unpaired) electrons. The summed E-state index contributed by atoms with van der Waals surface area (Å²) in [6.45, 7) is 5.69. The van der Waals surface area contributed by atoms with Crippen LogP contribution in [0.4, 0.5) is 5.69 Å². The second-order valence-electron chi connectivity index (χ2n) is 5.31. The molecule has 0 heterocycles. The SMILES string of the molecule is CCCCCCCC(=O)N(CC)Cc1ccc(N)cc1. The molecule has 1 aromatic rings. The first-order valence-electron chi connectivity index (χ1n) is 7.79. The molecule has 20 heavy (non-hydrogen) atoms. The van der Waals surface area contributed by atoms with Crippen LogP contribution in [-0.2, 0) is 11.3 Å². The number of amides is 1. The molecule has 0 saturated heterocycles. The van der Waals surface area contributed by atoms with Crippen molar-refractivity contribution in [3.8, 4) is 0 Å². The van der Waals surface area contributed by atoms with Gasteiger partial charge in [0, 0.05) is 25.2 Å². The lowest BCUT2D eigenvalue weighted by molar-refractivity contribution is -0.131. The molecule has 1 rings (SSSR count). The highest BCUT2D eigenvalue weighted by atomic mass is 16.2. The number of rotatable bonds is 9. The van der Waals surface area contributed by atoms with Gasteiger partial charge in [-0.1, -0.05) is 44.7 Å². The van der Waals surface area contributed by atoms with Crippen molar-refractivity contribution in [2.45, 2.75) is 58.9 Å². The molecule has 0 saturated carbocycles. The first-order valence-corrected chi connectivity index (χ1v) is 7.79. The maximum absolute atomic E-state index is 12.2. The van der Waals surface area contributed by atoms with Gasteiger partial charge in [0.05, 0.1) is 0 Å². The fourth-order valence-electron chi connectivity index (χ4n) is 2.26. The Balaban J connectivity index is 2.37. The number of benzene rings is 1. The molecule has 0 unspecified atom stereocenters. The zero-order valence-electron chi connectivity index (χ0n) is 12.9. The van der Waals surface area contributed by atoms with Crippen molar-refractivity contribution in [3.05, 3.63) is 29.8 Å². The van der Waals surface area contributed by atoms with Gasteiger partial charge in [0.1, 0.15) is 0 Å². The summed E-state index contributed by atoms with van der Waals surface area (Å²) >= 11 is 0. The first-order chi connectivity index (χ1) is 9.67. The van der Waals surface area contributed by atoms with E-state index >= 15 is 0 Å². The van der Waals surface area contributed by atoms with Crippen LogP contribution in [0, 0.1) is 0 Å². The van der Waals surface area contributed by atoms with E-state index in [2.05, 4.69) is 6.92 Å². The summed E-state index contributed by atoms with van der Waals surface area (Å²) in [4.78, 5) is 14.1. The minimum Gasteiger partial charge on any atom is -0.399 e. The van der Waals surface area contributed by atoms with Gasteiger partial charge in [0.25, 0.3) is 0 Å². The monoisotopic (exact) mass is 276 g/mol. The number of nitrogen functional groups attached to an aromatic ring is 1. The van der Waals surface area contributed by atoms with Crippen LogP contribution in [0.1, 0.15) is 57.9 Å². The molecule has 0 atom stereocenters. The van der Waals surface area contributed by atoms with E-state index in [9.17, 15) is 4.79 Å². The van der Waals surface area contributed by atoms with E-state index in [4.69, 9.17) is 5.73 Å². The standard InChI is InChI=1S/C17H28N2O/c1-3-5-6-7-8-9-17(20)19(4-2)14-15-10-12-16(18)13-11-15/h10-13H,3-9,14,18H2,1-2H3. The summed E-state index contributed by atoms with van der Waals surface area (Å²) in [5.41, 5.74) is 7.58. The Labute approximate surface area is 123 Å². The Kier molecular flexibility index (Phi) is 7.78. The summed E-state index contributed by atoms with van der Waals surface area (Å²) in [6, 6.07) is 7.76. The summed E-state index contributed by atoms with van der Waals surface area (Å²) in [7, 11) is 0. The summed E-state index contributed by atoms with van der Waals surface area (Å²) < 4.78 is 0. The molecule has 0 aliphatic heterocycles. The maximum atomic E-state index is 12.2. The van der Waals surface area contributed by atoms with Gasteiger partial charge in [-0.3, -0.25) is 4.79 Å². The highest BCUT2D eigenvalue weighted by Crippen LogP contribution is 2.11. The van der Waals surface area contributed by atoms with Crippen LogP contribution >= 0.6 is 0 Å². The quantitative estimate of drug-likeness (QED) is 0.548. The third-order valence-electron chi connectivity index (χ3n) is 3.58. The van der Waals surface area contributed by atoms with Crippen molar-refractivity contribution in [3.63, 3.8) is 0 Å². The van der Waals surface area contributed by atoms with Crippen molar-refractivity contribution in [2.75, 3.05) is 12.3 Å². The number of carbonyl (C=O) groups is 1. The van der Waals surface area contributed by atoms with Gasteiger partial charge in [0.15, 0.2) is 0 Å². The Hall–Kier alpha value is -1.51. The first kappa shape index (κ1) is 16.5. The van der Waals surface area contributed by atoms with Gasteiger partial charge in [0.2, 0.25) is 5.91 Å². The zero-order valence-corrected chi connectivity index (χ0v) is 12.9. The van der Waals surface area contributed by atoms with Gasteiger partial charge in [-0.05, 0) is 31.0 Å². The van der Waals surface area contributed by atoms with Crippen LogP contribution in [0.25, 0.3) is 0 Å². The molecule has 0 bridgehead atoms. The molecule has 0 aliphatic rings. The molecule has 1 amide bonds. The smallest absolute Gasteiger partial charge is 0.222 e. The second-order valence-corrected chi connectivity index (χ2v) is 5.31. The average molecular weight is 276 g/mol. The molecular formula is C17H28N2O. The second kappa shape index (κ2) is 9.40. The number of hydrogen-bond acceptors (Lipinski definition) is 2. The molecule has 1 aromatic carbocycles. The Bertz CT molecular complexity index is 386. The summed E-state index contributed by atoms with van der Waals surface area (Å²) in [6.07, 6.45) is 6.61. The topological polar surface area (TPSA) is 46.3 Å². The van der Waals surface area contributed by atoms with E-state index in [0.717, 1.165) is 24.2 Å². The number of carbonyl (C=O) groups excluding carboxylic acids is 1. The number of nitrogens with zero attached hydrogens (tertiary/aromatic N) is 1. The van der Waals surface area contributed by atoms with Gasteiger partial charge in [-0.15, -0.1) is 0 Å². The van der Waals surface area contributed by atoms with E-state index in [1.165, 1.54) is 25.7 Å². The van der Waals surface area contributed by atoms with E-state index in [1.807, 2.05) is 36.1 Å². The molecular weight excluding hydrogens is 248 g/mol. The minimum absolute atomic E-state index is 0.265. The van der Waals surface area contributed by atoms with Crippen LogP contribution in [0.2, 0.25) is 0 Å². The molecule has 0 aliphatic carbocycles. The van der Waals surface area contributed by atoms with E-state index in [0.29, 0.717) is 13.0 Å². The van der Waals surface area contributed by atoms with Crippen molar-refractivity contribution < 1.29 is 4.79 Å².